The zero-order valence-corrected chi connectivity index (χ0v) is 10.4. The van der Waals surface area contributed by atoms with E-state index >= 15 is 0 Å². The molecule has 0 fully saturated rings. The average Bonchev–Trinajstić information content (AvgIpc) is 2.27. The lowest BCUT2D eigenvalue weighted by Gasteiger charge is -2.10. The van der Waals surface area contributed by atoms with E-state index in [4.69, 9.17) is 9.94 Å². The van der Waals surface area contributed by atoms with Gasteiger partial charge in [-0.2, -0.15) is 0 Å². The first kappa shape index (κ1) is 13.2. The lowest BCUT2D eigenvalue weighted by molar-refractivity contribution is 0.0524. The minimum Gasteiger partial charge on any atom is -0.462 e. The number of oxime groups is 1. The second-order valence-corrected chi connectivity index (χ2v) is 3.69. The predicted octanol–water partition coefficient (Wildman–Crippen LogP) is 2.07. The summed E-state index contributed by atoms with van der Waals surface area (Å²) in [6, 6.07) is 1.70. The van der Waals surface area contributed by atoms with E-state index in [9.17, 15) is 4.79 Å². The van der Waals surface area contributed by atoms with Gasteiger partial charge in [-0.25, -0.2) is 4.79 Å². The van der Waals surface area contributed by atoms with E-state index in [0.717, 1.165) is 5.56 Å². The summed E-state index contributed by atoms with van der Waals surface area (Å²) in [5.41, 5.74) is 2.76. The van der Waals surface area contributed by atoms with E-state index < -0.39 is 0 Å². The topological polar surface area (TPSA) is 71.8 Å². The number of hydrogen-bond acceptors (Lipinski definition) is 5. The Hall–Kier alpha value is -1.91. The van der Waals surface area contributed by atoms with Crippen LogP contribution in [0.1, 0.15) is 41.2 Å². The third-order valence-corrected chi connectivity index (χ3v) is 2.40. The highest BCUT2D eigenvalue weighted by Crippen LogP contribution is 2.15. The van der Waals surface area contributed by atoms with Gasteiger partial charge >= 0.3 is 5.97 Å². The Bertz CT molecular complexity index is 444. The molecule has 5 heteroatoms. The molecule has 0 radical (unpaired) electrons. The lowest BCUT2D eigenvalue weighted by atomic mass is 10.1. The summed E-state index contributed by atoms with van der Waals surface area (Å²) in [6.45, 7) is 7.26. The van der Waals surface area contributed by atoms with Crippen molar-refractivity contribution < 1.29 is 14.7 Å². The molecule has 1 heterocycles. The molecule has 0 aliphatic carbocycles. The molecule has 1 N–H and O–H groups in total. The molecule has 0 unspecified atom stereocenters. The maximum absolute atomic E-state index is 11.7. The SMILES string of the molecule is CCOC(=O)c1c(C)cc(/C(C)=N/O)nc1C. The Morgan fingerprint density at radius 1 is 1.53 bits per heavy atom. The maximum atomic E-state index is 11.7. The first-order valence-corrected chi connectivity index (χ1v) is 5.35. The van der Waals surface area contributed by atoms with Crippen molar-refractivity contribution in [2.24, 2.45) is 5.16 Å². The average molecular weight is 236 g/mol. The van der Waals surface area contributed by atoms with E-state index in [1.54, 1.807) is 33.8 Å². The van der Waals surface area contributed by atoms with Gasteiger partial charge in [-0.3, -0.25) is 4.98 Å². The van der Waals surface area contributed by atoms with Gasteiger partial charge in [-0.15, -0.1) is 0 Å². The number of aromatic nitrogens is 1. The molecule has 5 nitrogen and oxygen atoms in total. The second kappa shape index (κ2) is 5.43. The largest absolute Gasteiger partial charge is 0.462 e. The molecule has 0 saturated carbocycles. The predicted molar refractivity (Wildman–Crippen MR) is 63.7 cm³/mol. The van der Waals surface area contributed by atoms with Crippen molar-refractivity contribution in [3.05, 3.63) is 28.6 Å². The molecule has 1 aromatic heterocycles. The number of nitrogens with zero attached hydrogens (tertiary/aromatic N) is 2. The van der Waals surface area contributed by atoms with Gasteiger partial charge in [-0.1, -0.05) is 5.16 Å². The molecule has 0 aliphatic heterocycles. The van der Waals surface area contributed by atoms with Crippen LogP contribution in [0.4, 0.5) is 0 Å². The molecule has 0 aliphatic rings. The first-order chi connectivity index (χ1) is 8.01. The van der Waals surface area contributed by atoms with Crippen LogP contribution in [0.3, 0.4) is 0 Å². The second-order valence-electron chi connectivity index (χ2n) is 3.69. The number of esters is 1. The number of ether oxygens (including phenoxy) is 1. The molecule has 0 aromatic carbocycles. The standard InChI is InChI=1S/C12H16N2O3/c1-5-17-12(15)11-7(2)6-10(8(3)14-16)13-9(11)4/h6,16H,5H2,1-4H3/b14-8+. The van der Waals surface area contributed by atoms with E-state index in [1.165, 1.54) is 0 Å². The zero-order chi connectivity index (χ0) is 13.0. The van der Waals surface area contributed by atoms with Gasteiger partial charge in [0, 0.05) is 0 Å². The molecular formula is C12H16N2O3. The highest BCUT2D eigenvalue weighted by atomic mass is 16.5. The normalized spacial score (nSPS) is 11.4. The summed E-state index contributed by atoms with van der Waals surface area (Å²) >= 11 is 0. The highest BCUT2D eigenvalue weighted by molar-refractivity contribution is 5.98. The number of pyridine rings is 1. The fourth-order valence-electron chi connectivity index (χ4n) is 1.58. The van der Waals surface area contributed by atoms with Crippen LogP contribution in [0.15, 0.2) is 11.2 Å². The van der Waals surface area contributed by atoms with E-state index in [0.29, 0.717) is 29.3 Å². The van der Waals surface area contributed by atoms with Crippen LogP contribution in [-0.2, 0) is 4.74 Å². The molecule has 17 heavy (non-hydrogen) atoms. The number of aryl methyl sites for hydroxylation is 2. The van der Waals surface area contributed by atoms with Gasteiger partial charge in [0.2, 0.25) is 0 Å². The lowest BCUT2D eigenvalue weighted by Crippen LogP contribution is -2.12. The van der Waals surface area contributed by atoms with E-state index in [2.05, 4.69) is 10.1 Å². The molecule has 92 valence electrons. The number of rotatable bonds is 3. The van der Waals surface area contributed by atoms with Crippen LogP contribution in [0.5, 0.6) is 0 Å². The first-order valence-electron chi connectivity index (χ1n) is 5.35. The van der Waals surface area contributed by atoms with Crippen LogP contribution in [0, 0.1) is 13.8 Å². The fraction of sp³-hybridized carbons (Fsp3) is 0.417. The molecule has 0 bridgehead atoms. The van der Waals surface area contributed by atoms with Crippen molar-refractivity contribution in [2.45, 2.75) is 27.7 Å². The Kier molecular flexibility index (Phi) is 4.20. The summed E-state index contributed by atoms with van der Waals surface area (Å²) in [5.74, 6) is -0.375. The number of carbonyl (C=O) groups is 1. The molecule has 1 aromatic rings. The van der Waals surface area contributed by atoms with Crippen LogP contribution >= 0.6 is 0 Å². The van der Waals surface area contributed by atoms with Gasteiger partial charge in [0.15, 0.2) is 0 Å². The molecule has 0 atom stereocenters. The minimum absolute atomic E-state index is 0.330. The smallest absolute Gasteiger partial charge is 0.340 e. The molecule has 1 rings (SSSR count). The number of carbonyl (C=O) groups excluding carboxylic acids is 1. The van der Waals surface area contributed by atoms with Crippen molar-refractivity contribution in [3.63, 3.8) is 0 Å². The number of hydrogen-bond donors (Lipinski definition) is 1. The zero-order valence-electron chi connectivity index (χ0n) is 10.4. The van der Waals surface area contributed by atoms with Crippen molar-refractivity contribution in [1.29, 1.82) is 0 Å². The van der Waals surface area contributed by atoms with Gasteiger partial charge in [0.25, 0.3) is 0 Å². The summed E-state index contributed by atoms with van der Waals surface area (Å²) in [6.07, 6.45) is 0. The highest BCUT2D eigenvalue weighted by Gasteiger charge is 2.16. The monoisotopic (exact) mass is 236 g/mol. The third-order valence-electron chi connectivity index (χ3n) is 2.40. The molecule has 0 saturated heterocycles. The van der Waals surface area contributed by atoms with Crippen LogP contribution in [-0.4, -0.2) is 28.5 Å². The Balaban J connectivity index is 3.24. The van der Waals surface area contributed by atoms with Crippen LogP contribution in [0.25, 0.3) is 0 Å². The summed E-state index contributed by atoms with van der Waals surface area (Å²) < 4.78 is 4.96. The van der Waals surface area contributed by atoms with Gasteiger partial charge < -0.3 is 9.94 Å². The summed E-state index contributed by atoms with van der Waals surface area (Å²) in [4.78, 5) is 15.9. The minimum atomic E-state index is -0.375. The van der Waals surface area contributed by atoms with Crippen molar-refractivity contribution in [2.75, 3.05) is 6.61 Å². The van der Waals surface area contributed by atoms with Crippen molar-refractivity contribution in [1.82, 2.24) is 4.98 Å². The van der Waals surface area contributed by atoms with Crippen molar-refractivity contribution in [3.8, 4) is 0 Å². The van der Waals surface area contributed by atoms with Crippen LogP contribution < -0.4 is 0 Å². The Morgan fingerprint density at radius 2 is 2.18 bits per heavy atom. The third kappa shape index (κ3) is 2.81. The van der Waals surface area contributed by atoms with Gasteiger partial charge in [0.1, 0.15) is 5.71 Å². The maximum Gasteiger partial charge on any atom is 0.340 e. The molecule has 0 amide bonds. The Morgan fingerprint density at radius 3 is 2.65 bits per heavy atom. The van der Waals surface area contributed by atoms with E-state index in [-0.39, 0.29) is 5.97 Å². The molecular weight excluding hydrogens is 220 g/mol. The van der Waals surface area contributed by atoms with Crippen molar-refractivity contribution >= 4 is 11.7 Å². The summed E-state index contributed by atoms with van der Waals surface area (Å²) in [7, 11) is 0. The fourth-order valence-corrected chi connectivity index (χ4v) is 1.58. The molecule has 0 spiro atoms. The van der Waals surface area contributed by atoms with Gasteiger partial charge in [-0.05, 0) is 39.3 Å². The van der Waals surface area contributed by atoms with Crippen LogP contribution in [0.2, 0.25) is 0 Å². The summed E-state index contributed by atoms with van der Waals surface area (Å²) in [5, 5.41) is 11.8. The van der Waals surface area contributed by atoms with E-state index in [1.807, 2.05) is 0 Å². The van der Waals surface area contributed by atoms with Gasteiger partial charge in [0.05, 0.1) is 23.6 Å². The quantitative estimate of drug-likeness (QED) is 0.377. The Labute approximate surface area is 100 Å².